The molecule has 2 aromatic carbocycles. The molecule has 1 heterocycles. The zero-order valence-corrected chi connectivity index (χ0v) is 17.8. The molecule has 0 atom stereocenters. The van der Waals surface area contributed by atoms with Gasteiger partial charge in [0.25, 0.3) is 0 Å². The number of thioether (sulfide) groups is 1. The van der Waals surface area contributed by atoms with Gasteiger partial charge >= 0.3 is 0 Å². The summed E-state index contributed by atoms with van der Waals surface area (Å²) >= 11 is 6.46. The number of benzene rings is 2. The van der Waals surface area contributed by atoms with Crippen LogP contribution in [0.15, 0.2) is 65.8 Å². The zero-order chi connectivity index (χ0) is 20.5. The van der Waals surface area contributed by atoms with Crippen molar-refractivity contribution in [1.82, 2.24) is 25.4 Å². The average Bonchev–Trinajstić information content (AvgIpc) is 3.14. The third kappa shape index (κ3) is 6.13. The third-order valence-corrected chi connectivity index (χ3v) is 5.22. The number of aromatic nitrogens is 3. The number of carbonyl (C=O) groups excluding carboxylic acids is 1. The summed E-state index contributed by atoms with van der Waals surface area (Å²) in [5.74, 6) is 0.853. The molecule has 0 saturated heterocycles. The number of hydrogen-bond acceptors (Lipinski definition) is 5. The molecule has 29 heavy (non-hydrogen) atoms. The lowest BCUT2D eigenvalue weighted by Gasteiger charge is -2.11. The van der Waals surface area contributed by atoms with Crippen LogP contribution in [-0.2, 0) is 11.2 Å². The maximum absolute atomic E-state index is 12.2. The van der Waals surface area contributed by atoms with Crippen molar-refractivity contribution in [2.24, 2.45) is 0 Å². The molecule has 0 aliphatic carbocycles. The number of nitrogens with one attached hydrogen (secondary N) is 2. The highest BCUT2D eigenvalue weighted by molar-refractivity contribution is 7.99. The summed E-state index contributed by atoms with van der Waals surface area (Å²) in [5, 5.41) is 15.4. The topological polar surface area (TPSA) is 71.8 Å². The van der Waals surface area contributed by atoms with Gasteiger partial charge in [0.05, 0.1) is 5.75 Å². The van der Waals surface area contributed by atoms with Crippen molar-refractivity contribution in [1.29, 1.82) is 0 Å². The van der Waals surface area contributed by atoms with Crippen molar-refractivity contribution in [2.45, 2.75) is 24.9 Å². The van der Waals surface area contributed by atoms with Gasteiger partial charge < -0.3 is 10.6 Å². The van der Waals surface area contributed by atoms with E-state index in [0.717, 1.165) is 30.0 Å². The number of carbonyl (C=O) groups is 1. The molecule has 3 rings (SSSR count). The second kappa shape index (κ2) is 10.7. The lowest BCUT2D eigenvalue weighted by Crippen LogP contribution is -2.40. The van der Waals surface area contributed by atoms with Crippen LogP contribution in [0.2, 0.25) is 0 Å². The minimum Gasteiger partial charge on any atom is -0.362 e. The van der Waals surface area contributed by atoms with Crippen molar-refractivity contribution in [3.05, 3.63) is 72.1 Å². The van der Waals surface area contributed by atoms with Crippen LogP contribution in [-0.4, -0.2) is 38.1 Å². The molecular weight excluding hydrogens is 402 g/mol. The minimum absolute atomic E-state index is 0.171. The fraction of sp³-hybridized carbons (Fsp3) is 0.238. The molecule has 1 aromatic heterocycles. The van der Waals surface area contributed by atoms with Crippen LogP contribution in [0.25, 0.3) is 5.69 Å². The Morgan fingerprint density at radius 1 is 1.07 bits per heavy atom. The number of para-hydroxylation sites is 1. The average molecular weight is 426 g/mol. The summed E-state index contributed by atoms with van der Waals surface area (Å²) in [6, 6.07) is 20.1. The van der Waals surface area contributed by atoms with Crippen molar-refractivity contribution < 1.29 is 4.79 Å². The van der Waals surface area contributed by atoms with E-state index in [9.17, 15) is 4.79 Å². The van der Waals surface area contributed by atoms with Gasteiger partial charge in [0.1, 0.15) is 5.82 Å². The molecule has 8 heteroatoms. The predicted octanol–water partition coefficient (Wildman–Crippen LogP) is 3.35. The van der Waals surface area contributed by atoms with Crippen LogP contribution < -0.4 is 10.6 Å². The smallest absolute Gasteiger partial charge is 0.236 e. The molecule has 0 aliphatic heterocycles. The van der Waals surface area contributed by atoms with Crippen molar-refractivity contribution >= 4 is 35.0 Å². The molecule has 0 saturated carbocycles. The molecular formula is C21H23N5OS2. The molecule has 0 radical (unpaired) electrons. The number of nitrogens with zero attached hydrogens (tertiary/aromatic N) is 3. The summed E-state index contributed by atoms with van der Waals surface area (Å²) in [4.78, 5) is 12.2. The summed E-state index contributed by atoms with van der Waals surface area (Å²) in [6.07, 6.45) is 1.59. The summed E-state index contributed by atoms with van der Waals surface area (Å²) in [5.41, 5.74) is 2.12. The second-order valence-electron chi connectivity index (χ2n) is 6.32. The van der Waals surface area contributed by atoms with Gasteiger partial charge in [0, 0.05) is 18.7 Å². The van der Waals surface area contributed by atoms with Crippen LogP contribution in [0.5, 0.6) is 0 Å². The highest BCUT2D eigenvalue weighted by Crippen LogP contribution is 2.23. The van der Waals surface area contributed by atoms with Gasteiger partial charge in [-0.15, -0.1) is 10.2 Å². The molecule has 1 amide bonds. The van der Waals surface area contributed by atoms with Gasteiger partial charge in [0.2, 0.25) is 5.91 Å². The Bertz CT molecular complexity index is 944. The van der Waals surface area contributed by atoms with Crippen molar-refractivity contribution in [2.75, 3.05) is 12.3 Å². The molecule has 6 nitrogen and oxygen atoms in total. The lowest BCUT2D eigenvalue weighted by atomic mass is 10.1. The Kier molecular flexibility index (Phi) is 7.77. The Morgan fingerprint density at radius 3 is 2.45 bits per heavy atom. The van der Waals surface area contributed by atoms with Crippen LogP contribution in [0.1, 0.15) is 24.7 Å². The maximum Gasteiger partial charge on any atom is 0.236 e. The first-order valence-electron chi connectivity index (χ1n) is 9.41. The van der Waals surface area contributed by atoms with E-state index in [1.165, 1.54) is 11.8 Å². The van der Waals surface area contributed by atoms with Gasteiger partial charge in [0.15, 0.2) is 10.3 Å². The molecule has 0 fully saturated rings. The molecule has 2 N–H and O–H groups in total. The highest BCUT2D eigenvalue weighted by Gasteiger charge is 2.16. The zero-order valence-electron chi connectivity index (χ0n) is 16.2. The van der Waals surface area contributed by atoms with E-state index in [0.29, 0.717) is 16.7 Å². The summed E-state index contributed by atoms with van der Waals surface area (Å²) in [7, 11) is 0. The Morgan fingerprint density at radius 2 is 1.76 bits per heavy atom. The minimum atomic E-state index is -0.171. The molecule has 3 aromatic rings. The first-order valence-corrected chi connectivity index (χ1v) is 10.8. The van der Waals surface area contributed by atoms with Crippen molar-refractivity contribution in [3.8, 4) is 5.69 Å². The van der Waals surface area contributed by atoms with Gasteiger partial charge in [-0.1, -0.05) is 67.2 Å². The Labute approximate surface area is 180 Å². The van der Waals surface area contributed by atoms with Crippen LogP contribution in [0.4, 0.5) is 0 Å². The van der Waals surface area contributed by atoms with Gasteiger partial charge in [-0.2, -0.15) is 0 Å². The number of rotatable bonds is 8. The van der Waals surface area contributed by atoms with Gasteiger partial charge in [-0.25, -0.2) is 0 Å². The van der Waals surface area contributed by atoms with E-state index in [1.807, 2.05) is 60.0 Å². The fourth-order valence-corrected chi connectivity index (χ4v) is 3.69. The number of thiocarbonyl (C=S) groups is 1. The molecule has 0 bridgehead atoms. The monoisotopic (exact) mass is 425 g/mol. The van der Waals surface area contributed by atoms with Crippen LogP contribution >= 0.6 is 24.0 Å². The molecule has 0 aliphatic rings. The van der Waals surface area contributed by atoms with Crippen LogP contribution in [0.3, 0.4) is 0 Å². The predicted molar refractivity (Wildman–Crippen MR) is 120 cm³/mol. The van der Waals surface area contributed by atoms with E-state index in [-0.39, 0.29) is 11.7 Å². The largest absolute Gasteiger partial charge is 0.362 e. The van der Waals surface area contributed by atoms with E-state index in [2.05, 4.69) is 33.0 Å². The quantitative estimate of drug-likeness (QED) is 0.426. The first kappa shape index (κ1) is 21.0. The lowest BCUT2D eigenvalue weighted by molar-refractivity contribution is -0.117. The summed E-state index contributed by atoms with van der Waals surface area (Å²) in [6.45, 7) is 2.77. The van der Waals surface area contributed by atoms with Gasteiger partial charge in [-0.05, 0) is 36.3 Å². The van der Waals surface area contributed by atoms with Crippen molar-refractivity contribution in [3.63, 3.8) is 0 Å². The highest BCUT2D eigenvalue weighted by atomic mass is 32.2. The molecule has 0 spiro atoms. The first-order chi connectivity index (χ1) is 14.2. The molecule has 150 valence electrons. The van der Waals surface area contributed by atoms with Crippen LogP contribution in [0, 0.1) is 0 Å². The molecule has 0 unspecified atom stereocenters. The normalized spacial score (nSPS) is 10.5. The Hall–Kier alpha value is -2.71. The van der Waals surface area contributed by atoms with E-state index >= 15 is 0 Å². The van der Waals surface area contributed by atoms with E-state index in [1.54, 1.807) is 0 Å². The standard InChI is InChI=1S/C21H23N5OS2/c1-2-13-22-20(28)23-19(27)15-29-21-25-24-18(14-16-9-5-3-6-10-16)26(21)17-11-7-4-8-12-17/h3-12H,2,13-15H2,1H3,(H2,22,23,27,28). The van der Waals surface area contributed by atoms with E-state index < -0.39 is 0 Å². The Balaban J connectivity index is 1.74. The maximum atomic E-state index is 12.2. The second-order valence-corrected chi connectivity index (χ2v) is 7.68. The SMILES string of the molecule is CCCNC(=S)NC(=O)CSc1nnc(Cc2ccccc2)n1-c1ccccc1. The third-order valence-electron chi connectivity index (χ3n) is 4.04. The number of hydrogen-bond donors (Lipinski definition) is 2. The van der Waals surface area contributed by atoms with E-state index in [4.69, 9.17) is 12.2 Å². The van der Waals surface area contributed by atoms with Gasteiger partial charge in [-0.3, -0.25) is 9.36 Å². The summed E-state index contributed by atoms with van der Waals surface area (Å²) < 4.78 is 2.00. The number of amides is 1. The fourth-order valence-electron chi connectivity index (χ4n) is 2.70.